The molecule has 36 heavy (non-hydrogen) atoms. The number of imidazole rings is 1. The van der Waals surface area contributed by atoms with Crippen LogP contribution >= 0.6 is 0 Å². The maximum Gasteiger partial charge on any atom is 0.156 e. The molecule has 0 atom stereocenters. The van der Waals surface area contributed by atoms with Crippen LogP contribution in [-0.4, -0.2) is 45.8 Å². The largest absolute Gasteiger partial charge is 0.382 e. The van der Waals surface area contributed by atoms with Crippen molar-refractivity contribution in [1.29, 1.82) is 0 Å². The molecule has 1 N–H and O–H groups in total. The lowest BCUT2D eigenvalue weighted by Gasteiger charge is -2.34. The van der Waals surface area contributed by atoms with Gasteiger partial charge in [0.25, 0.3) is 0 Å². The molecule has 5 aromatic rings. The summed E-state index contributed by atoms with van der Waals surface area (Å²) in [6, 6.07) is 18.7. The smallest absolute Gasteiger partial charge is 0.156 e. The van der Waals surface area contributed by atoms with Gasteiger partial charge in [0.15, 0.2) is 5.82 Å². The molecule has 0 aliphatic heterocycles. The molecule has 1 saturated carbocycles. The van der Waals surface area contributed by atoms with Crippen molar-refractivity contribution in [2.75, 3.05) is 25.6 Å². The fraction of sp³-hybridized carbons (Fsp3) is 0.276. The normalized spacial score (nSPS) is 17.4. The van der Waals surface area contributed by atoms with E-state index >= 15 is 0 Å². The highest BCUT2D eigenvalue weighted by Gasteiger charge is 2.34. The summed E-state index contributed by atoms with van der Waals surface area (Å²) in [7, 11) is 1.70. The quantitative estimate of drug-likeness (QED) is 0.279. The number of nitrogens with one attached hydrogen (secondary N) is 1. The van der Waals surface area contributed by atoms with Crippen molar-refractivity contribution in [3.05, 3.63) is 84.6 Å². The highest BCUT2D eigenvalue weighted by molar-refractivity contribution is 5.88. The zero-order valence-corrected chi connectivity index (χ0v) is 20.5. The maximum atomic E-state index is 5.85. The molecule has 1 aliphatic rings. The fourth-order valence-electron chi connectivity index (χ4n) is 4.93. The standard InChI is InChI=1S/C29H29N5O2/c1-19-14-25(20-6-4-3-5-7-20)33-26-17-22(8-9-24(19)26)32-28-27-18-31-29(34(27)11-10-30-28)21-15-23(16-21)36-13-12-35-2/h3-11,14,17-18,21,23H,12-13,15-16H2,1-2H3,(H,30,32). The van der Waals surface area contributed by atoms with Crippen LogP contribution in [0.2, 0.25) is 0 Å². The number of hydrogen-bond acceptors (Lipinski definition) is 6. The first-order valence-electron chi connectivity index (χ1n) is 12.4. The average molecular weight is 480 g/mol. The summed E-state index contributed by atoms with van der Waals surface area (Å²) >= 11 is 0. The van der Waals surface area contributed by atoms with Gasteiger partial charge in [-0.3, -0.25) is 4.40 Å². The van der Waals surface area contributed by atoms with Crippen molar-refractivity contribution in [1.82, 2.24) is 19.4 Å². The van der Waals surface area contributed by atoms with Gasteiger partial charge in [-0.25, -0.2) is 15.0 Å². The van der Waals surface area contributed by atoms with Gasteiger partial charge in [-0.1, -0.05) is 36.4 Å². The van der Waals surface area contributed by atoms with E-state index in [1.54, 1.807) is 7.11 Å². The maximum absolute atomic E-state index is 5.85. The summed E-state index contributed by atoms with van der Waals surface area (Å²) in [4.78, 5) is 14.3. The van der Waals surface area contributed by atoms with Crippen LogP contribution < -0.4 is 5.32 Å². The number of ether oxygens (including phenoxy) is 2. The van der Waals surface area contributed by atoms with Gasteiger partial charge in [0.2, 0.25) is 0 Å². The van der Waals surface area contributed by atoms with Crippen molar-refractivity contribution in [3.63, 3.8) is 0 Å². The van der Waals surface area contributed by atoms with Crippen molar-refractivity contribution in [3.8, 4) is 11.3 Å². The van der Waals surface area contributed by atoms with Gasteiger partial charge in [0.05, 0.1) is 36.7 Å². The van der Waals surface area contributed by atoms with Crippen LogP contribution in [0.1, 0.15) is 30.1 Å². The minimum atomic E-state index is 0.284. The molecule has 3 heterocycles. The van der Waals surface area contributed by atoms with Gasteiger partial charge in [-0.15, -0.1) is 0 Å². The van der Waals surface area contributed by atoms with Gasteiger partial charge in [0, 0.05) is 42.1 Å². The van der Waals surface area contributed by atoms with E-state index in [0.29, 0.717) is 19.1 Å². The monoisotopic (exact) mass is 479 g/mol. The van der Waals surface area contributed by atoms with Crippen LogP contribution in [0.4, 0.5) is 11.5 Å². The molecule has 0 unspecified atom stereocenters. The number of benzene rings is 2. The summed E-state index contributed by atoms with van der Waals surface area (Å²) in [6.07, 6.45) is 7.95. The van der Waals surface area contributed by atoms with E-state index in [9.17, 15) is 0 Å². The first-order chi connectivity index (χ1) is 17.7. The number of nitrogens with zero attached hydrogens (tertiary/aromatic N) is 4. The molecule has 1 aliphatic carbocycles. The van der Waals surface area contributed by atoms with Crippen LogP contribution in [-0.2, 0) is 9.47 Å². The van der Waals surface area contributed by atoms with Crippen molar-refractivity contribution in [2.24, 2.45) is 0 Å². The Morgan fingerprint density at radius 2 is 1.89 bits per heavy atom. The first kappa shape index (κ1) is 22.6. The molecule has 1 fully saturated rings. The topological polar surface area (TPSA) is 73.6 Å². The molecule has 7 nitrogen and oxygen atoms in total. The number of fused-ring (bicyclic) bond motifs is 2. The van der Waals surface area contributed by atoms with E-state index in [1.165, 1.54) is 5.56 Å². The number of anilines is 2. The molecule has 3 aromatic heterocycles. The van der Waals surface area contributed by atoms with E-state index in [2.05, 4.69) is 58.0 Å². The minimum absolute atomic E-state index is 0.284. The minimum Gasteiger partial charge on any atom is -0.382 e. The molecule has 0 spiro atoms. The first-order valence-corrected chi connectivity index (χ1v) is 12.4. The lowest BCUT2D eigenvalue weighted by atomic mass is 9.81. The van der Waals surface area contributed by atoms with Crippen LogP contribution in [0.3, 0.4) is 0 Å². The van der Waals surface area contributed by atoms with Gasteiger partial charge in [-0.05, 0) is 43.5 Å². The highest BCUT2D eigenvalue weighted by Crippen LogP contribution is 2.39. The third-order valence-corrected chi connectivity index (χ3v) is 6.94. The highest BCUT2D eigenvalue weighted by atomic mass is 16.5. The molecule has 6 rings (SSSR count). The number of aryl methyl sites for hydroxylation is 1. The molecular formula is C29H29N5O2. The third-order valence-electron chi connectivity index (χ3n) is 6.94. The Morgan fingerprint density at radius 1 is 1.03 bits per heavy atom. The lowest BCUT2D eigenvalue weighted by molar-refractivity contribution is -0.0322. The second kappa shape index (κ2) is 9.68. The second-order valence-corrected chi connectivity index (χ2v) is 9.35. The Labute approximate surface area is 210 Å². The zero-order chi connectivity index (χ0) is 24.5. The molecular weight excluding hydrogens is 450 g/mol. The molecule has 0 amide bonds. The molecule has 0 radical (unpaired) electrons. The summed E-state index contributed by atoms with van der Waals surface area (Å²) < 4.78 is 13.1. The van der Waals surface area contributed by atoms with Crippen LogP contribution in [0.15, 0.2) is 73.2 Å². The molecule has 182 valence electrons. The summed E-state index contributed by atoms with van der Waals surface area (Å²) in [5.41, 5.74) is 6.15. The molecule has 2 aromatic carbocycles. The van der Waals surface area contributed by atoms with Crippen molar-refractivity contribution in [2.45, 2.75) is 31.8 Å². The molecule has 0 saturated heterocycles. The van der Waals surface area contributed by atoms with Gasteiger partial charge < -0.3 is 14.8 Å². The summed E-state index contributed by atoms with van der Waals surface area (Å²) in [5, 5.41) is 4.64. The van der Waals surface area contributed by atoms with Crippen LogP contribution in [0.25, 0.3) is 27.7 Å². The summed E-state index contributed by atoms with van der Waals surface area (Å²) in [5.74, 6) is 2.23. The second-order valence-electron chi connectivity index (χ2n) is 9.35. The summed E-state index contributed by atoms with van der Waals surface area (Å²) in [6.45, 7) is 3.40. The molecule has 7 heteroatoms. The van der Waals surface area contributed by atoms with Crippen LogP contribution in [0, 0.1) is 6.92 Å². The Hall–Kier alpha value is -3.81. The van der Waals surface area contributed by atoms with Crippen molar-refractivity contribution >= 4 is 27.9 Å². The van der Waals surface area contributed by atoms with E-state index in [0.717, 1.165) is 57.8 Å². The fourth-order valence-corrected chi connectivity index (χ4v) is 4.93. The van der Waals surface area contributed by atoms with E-state index in [1.807, 2.05) is 36.8 Å². The number of pyridine rings is 1. The number of rotatable bonds is 8. The average Bonchev–Trinajstić information content (AvgIpc) is 3.30. The number of methoxy groups -OCH3 is 1. The van der Waals surface area contributed by atoms with Crippen molar-refractivity contribution < 1.29 is 9.47 Å². The SMILES string of the molecule is COCCOC1CC(c2ncc3c(Nc4ccc5c(C)cc(-c6ccccc6)nc5c4)nccn23)C1. The Balaban J connectivity index is 1.25. The number of hydrogen-bond donors (Lipinski definition) is 1. The van der Waals surface area contributed by atoms with Gasteiger partial charge >= 0.3 is 0 Å². The lowest BCUT2D eigenvalue weighted by Crippen LogP contribution is -2.31. The predicted molar refractivity (Wildman–Crippen MR) is 142 cm³/mol. The van der Waals surface area contributed by atoms with Gasteiger partial charge in [-0.2, -0.15) is 0 Å². The Morgan fingerprint density at radius 3 is 2.72 bits per heavy atom. The van der Waals surface area contributed by atoms with E-state index < -0.39 is 0 Å². The van der Waals surface area contributed by atoms with E-state index in [-0.39, 0.29) is 6.10 Å². The van der Waals surface area contributed by atoms with E-state index in [4.69, 9.17) is 19.4 Å². The predicted octanol–water partition coefficient (Wildman–Crippen LogP) is 5.91. The third kappa shape index (κ3) is 4.32. The Bertz CT molecular complexity index is 1510. The van der Waals surface area contributed by atoms with Gasteiger partial charge in [0.1, 0.15) is 11.3 Å². The number of aromatic nitrogens is 4. The zero-order valence-electron chi connectivity index (χ0n) is 20.5. The van der Waals surface area contributed by atoms with Crippen LogP contribution in [0.5, 0.6) is 0 Å². The molecule has 0 bridgehead atoms. The Kier molecular flexibility index (Phi) is 6.09.